The molecule has 5 aromatic rings. The molecule has 0 amide bonds. The standard InChI is InChI=1S/C28H29N/c1-2-3-4-5-6-7-10-19-17-21-15-16-25(29)28-23-14-9-12-20-11-8-13-22(26(20)23)24(18-19)27(21)28/h8-9,11-18H,2-7,10,29H2,1H3. The molecule has 0 aliphatic rings. The number of anilines is 1. The van der Waals surface area contributed by atoms with E-state index in [1.54, 1.807) is 0 Å². The van der Waals surface area contributed by atoms with Gasteiger partial charge in [0.25, 0.3) is 0 Å². The molecule has 0 bridgehead atoms. The summed E-state index contributed by atoms with van der Waals surface area (Å²) in [5, 5.41) is 10.5. The zero-order valence-electron chi connectivity index (χ0n) is 17.3. The van der Waals surface area contributed by atoms with Crippen molar-refractivity contribution in [1.82, 2.24) is 0 Å². The van der Waals surface area contributed by atoms with Crippen molar-refractivity contribution in [2.24, 2.45) is 0 Å². The number of aryl methyl sites for hydroxylation is 1. The first kappa shape index (κ1) is 18.2. The minimum Gasteiger partial charge on any atom is -0.398 e. The van der Waals surface area contributed by atoms with Gasteiger partial charge in [0.1, 0.15) is 0 Å². The summed E-state index contributed by atoms with van der Waals surface area (Å²) < 4.78 is 0. The second kappa shape index (κ2) is 7.55. The van der Waals surface area contributed by atoms with Gasteiger partial charge < -0.3 is 5.73 Å². The fraction of sp³-hybridized carbons (Fsp3) is 0.286. The van der Waals surface area contributed by atoms with Crippen LogP contribution in [-0.2, 0) is 6.42 Å². The van der Waals surface area contributed by atoms with Crippen molar-refractivity contribution in [2.45, 2.75) is 51.9 Å². The third-order valence-corrected chi connectivity index (χ3v) is 6.49. The number of hydrogen-bond donors (Lipinski definition) is 1. The first-order valence-electron chi connectivity index (χ1n) is 11.2. The van der Waals surface area contributed by atoms with E-state index in [-0.39, 0.29) is 0 Å². The summed E-state index contributed by atoms with van der Waals surface area (Å²) in [5.74, 6) is 0. The highest BCUT2D eigenvalue weighted by atomic mass is 14.6. The average molecular weight is 380 g/mol. The van der Waals surface area contributed by atoms with Crippen LogP contribution in [0, 0.1) is 0 Å². The van der Waals surface area contributed by atoms with E-state index in [9.17, 15) is 0 Å². The van der Waals surface area contributed by atoms with Crippen LogP contribution in [0.25, 0.3) is 43.1 Å². The number of benzene rings is 5. The quantitative estimate of drug-likeness (QED) is 0.131. The predicted octanol–water partition coefficient (Wildman–Crippen LogP) is 8.22. The molecule has 0 aliphatic heterocycles. The molecule has 0 unspecified atom stereocenters. The molecule has 0 aliphatic carbocycles. The molecular formula is C28H29N. The predicted molar refractivity (Wildman–Crippen MR) is 129 cm³/mol. The Bertz CT molecular complexity index is 1290. The molecule has 0 spiro atoms. The molecule has 0 radical (unpaired) electrons. The third-order valence-electron chi connectivity index (χ3n) is 6.49. The Kier molecular flexibility index (Phi) is 4.75. The zero-order valence-corrected chi connectivity index (χ0v) is 17.3. The summed E-state index contributed by atoms with van der Waals surface area (Å²) >= 11 is 0. The van der Waals surface area contributed by atoms with Crippen molar-refractivity contribution >= 4 is 48.8 Å². The van der Waals surface area contributed by atoms with Crippen molar-refractivity contribution in [3.63, 3.8) is 0 Å². The van der Waals surface area contributed by atoms with E-state index in [1.165, 1.54) is 87.2 Å². The fourth-order valence-corrected chi connectivity index (χ4v) is 5.07. The van der Waals surface area contributed by atoms with Gasteiger partial charge in [-0.05, 0) is 62.2 Å². The van der Waals surface area contributed by atoms with Crippen LogP contribution < -0.4 is 5.73 Å². The van der Waals surface area contributed by atoms with Crippen LogP contribution in [-0.4, -0.2) is 0 Å². The van der Waals surface area contributed by atoms with E-state index < -0.39 is 0 Å². The summed E-state index contributed by atoms with van der Waals surface area (Å²) in [6.07, 6.45) is 9.19. The lowest BCUT2D eigenvalue weighted by Crippen LogP contribution is -1.94. The third kappa shape index (κ3) is 3.09. The van der Waals surface area contributed by atoms with E-state index in [1.807, 2.05) is 0 Å². The Labute approximate surface area is 172 Å². The van der Waals surface area contributed by atoms with Gasteiger partial charge in [0.15, 0.2) is 0 Å². The summed E-state index contributed by atoms with van der Waals surface area (Å²) in [4.78, 5) is 0. The van der Waals surface area contributed by atoms with E-state index in [2.05, 4.69) is 67.6 Å². The van der Waals surface area contributed by atoms with Gasteiger partial charge in [0, 0.05) is 11.1 Å². The van der Waals surface area contributed by atoms with Crippen molar-refractivity contribution in [2.75, 3.05) is 5.73 Å². The van der Waals surface area contributed by atoms with Crippen LogP contribution in [0.2, 0.25) is 0 Å². The molecule has 0 heterocycles. The average Bonchev–Trinajstić information content (AvgIpc) is 2.75. The molecule has 1 nitrogen and oxygen atoms in total. The minimum absolute atomic E-state index is 0.879. The Hall–Kier alpha value is -2.80. The highest BCUT2D eigenvalue weighted by Gasteiger charge is 2.15. The van der Waals surface area contributed by atoms with Gasteiger partial charge in [-0.1, -0.05) is 93.6 Å². The van der Waals surface area contributed by atoms with Gasteiger partial charge in [-0.3, -0.25) is 0 Å². The topological polar surface area (TPSA) is 26.0 Å². The Morgan fingerprint density at radius 1 is 0.621 bits per heavy atom. The molecule has 0 saturated carbocycles. The maximum absolute atomic E-state index is 6.51. The Morgan fingerprint density at radius 3 is 2.21 bits per heavy atom. The van der Waals surface area contributed by atoms with Crippen LogP contribution in [0.1, 0.15) is 51.0 Å². The van der Waals surface area contributed by atoms with E-state index in [0.717, 1.165) is 12.1 Å². The molecule has 5 rings (SSSR count). The first-order valence-corrected chi connectivity index (χ1v) is 11.2. The molecule has 1 heteroatoms. The molecule has 0 atom stereocenters. The number of rotatable bonds is 7. The molecule has 5 aromatic carbocycles. The van der Waals surface area contributed by atoms with Crippen molar-refractivity contribution in [3.8, 4) is 0 Å². The van der Waals surface area contributed by atoms with Crippen LogP contribution in [0.3, 0.4) is 0 Å². The van der Waals surface area contributed by atoms with Crippen molar-refractivity contribution in [1.29, 1.82) is 0 Å². The summed E-state index contributed by atoms with van der Waals surface area (Å²) in [6, 6.07) is 22.4. The number of fused-ring (bicyclic) bond motifs is 2. The molecular weight excluding hydrogens is 350 g/mol. The Morgan fingerprint density at radius 2 is 1.38 bits per heavy atom. The van der Waals surface area contributed by atoms with E-state index in [4.69, 9.17) is 5.73 Å². The summed E-state index contributed by atoms with van der Waals surface area (Å²) in [7, 11) is 0. The van der Waals surface area contributed by atoms with Crippen LogP contribution in [0.15, 0.2) is 60.7 Å². The molecule has 2 N–H and O–H groups in total. The molecule has 0 fully saturated rings. The number of unbranched alkanes of at least 4 members (excludes halogenated alkanes) is 5. The van der Waals surface area contributed by atoms with E-state index >= 15 is 0 Å². The summed E-state index contributed by atoms with van der Waals surface area (Å²) in [6.45, 7) is 2.28. The molecule has 29 heavy (non-hydrogen) atoms. The van der Waals surface area contributed by atoms with Gasteiger partial charge in [-0.25, -0.2) is 0 Å². The number of hydrogen-bond acceptors (Lipinski definition) is 1. The zero-order chi connectivity index (χ0) is 19.8. The lowest BCUT2D eigenvalue weighted by atomic mass is 9.87. The number of nitrogens with two attached hydrogens (primary N) is 1. The lowest BCUT2D eigenvalue weighted by Gasteiger charge is -2.17. The lowest BCUT2D eigenvalue weighted by molar-refractivity contribution is 0.608. The normalized spacial score (nSPS) is 12.0. The first-order chi connectivity index (χ1) is 14.3. The fourth-order valence-electron chi connectivity index (χ4n) is 5.07. The van der Waals surface area contributed by atoms with E-state index in [0.29, 0.717) is 0 Å². The van der Waals surface area contributed by atoms with Gasteiger partial charge in [-0.2, -0.15) is 0 Å². The van der Waals surface area contributed by atoms with Gasteiger partial charge in [-0.15, -0.1) is 0 Å². The summed E-state index contributed by atoms with van der Waals surface area (Å²) in [5.41, 5.74) is 8.84. The minimum atomic E-state index is 0.879. The SMILES string of the molecule is CCCCCCCCc1cc2ccc(N)c3c4cccc5cccc(c(c1)c23)c54. The van der Waals surface area contributed by atoms with Crippen molar-refractivity contribution in [3.05, 3.63) is 66.2 Å². The van der Waals surface area contributed by atoms with Crippen molar-refractivity contribution < 1.29 is 0 Å². The van der Waals surface area contributed by atoms with Gasteiger partial charge in [0.05, 0.1) is 0 Å². The maximum Gasteiger partial charge on any atom is 0.0400 e. The van der Waals surface area contributed by atoms with Gasteiger partial charge in [0.2, 0.25) is 0 Å². The molecule has 146 valence electrons. The second-order valence-electron chi connectivity index (χ2n) is 8.50. The van der Waals surface area contributed by atoms with Crippen LogP contribution in [0.4, 0.5) is 5.69 Å². The van der Waals surface area contributed by atoms with Crippen LogP contribution in [0.5, 0.6) is 0 Å². The maximum atomic E-state index is 6.51. The molecule has 0 aromatic heterocycles. The van der Waals surface area contributed by atoms with Crippen LogP contribution >= 0.6 is 0 Å². The highest BCUT2D eigenvalue weighted by Crippen LogP contribution is 2.42. The molecule has 0 saturated heterocycles. The number of nitrogen functional groups attached to an aromatic ring is 1. The highest BCUT2D eigenvalue weighted by molar-refractivity contribution is 6.35. The Balaban J connectivity index is 1.66. The monoisotopic (exact) mass is 379 g/mol. The second-order valence-corrected chi connectivity index (χ2v) is 8.50. The smallest absolute Gasteiger partial charge is 0.0400 e. The van der Waals surface area contributed by atoms with Gasteiger partial charge >= 0.3 is 0 Å². The largest absolute Gasteiger partial charge is 0.398 e.